The molecule has 4 nitrogen and oxygen atoms in total. The van der Waals surface area contributed by atoms with Gasteiger partial charge in [-0.25, -0.2) is 0 Å². The number of rotatable bonds is 2. The lowest BCUT2D eigenvalue weighted by atomic mass is 9.88. The van der Waals surface area contributed by atoms with Crippen LogP contribution in [0.15, 0.2) is 12.2 Å². The molecule has 3 fully saturated rings. The predicted molar refractivity (Wildman–Crippen MR) is 60.3 cm³/mol. The molecule has 0 radical (unpaired) electrons. The van der Waals surface area contributed by atoms with Crippen molar-refractivity contribution in [1.82, 2.24) is 0 Å². The molecule has 0 aromatic carbocycles. The largest absolute Gasteiger partial charge is 0.481 e. The third kappa shape index (κ3) is 1.62. The Morgan fingerprint density at radius 2 is 2.18 bits per heavy atom. The second-order valence-electron chi connectivity index (χ2n) is 5.38. The lowest BCUT2D eigenvalue weighted by Gasteiger charge is -2.28. The zero-order valence-electron chi connectivity index (χ0n) is 9.85. The van der Waals surface area contributed by atoms with Crippen LogP contribution in [0.2, 0.25) is 0 Å². The molecule has 3 atom stereocenters. The van der Waals surface area contributed by atoms with Crippen molar-refractivity contribution in [2.24, 2.45) is 17.8 Å². The van der Waals surface area contributed by atoms with E-state index < -0.39 is 11.8 Å². The molecule has 1 spiro atoms. The van der Waals surface area contributed by atoms with Gasteiger partial charge in [0.25, 0.3) is 0 Å². The Balaban J connectivity index is 1.81. The number of aliphatic carboxylic acids is 1. The maximum Gasteiger partial charge on any atom is 0.303 e. The van der Waals surface area contributed by atoms with Gasteiger partial charge in [0, 0.05) is 12.3 Å². The van der Waals surface area contributed by atoms with Crippen molar-refractivity contribution in [3.8, 4) is 0 Å². The fraction of sp³-hybridized carbons (Fsp3) is 0.769. The fourth-order valence-corrected chi connectivity index (χ4v) is 3.92. The summed E-state index contributed by atoms with van der Waals surface area (Å²) < 4.78 is 11.6. The molecule has 2 aliphatic carbocycles. The Kier molecular flexibility index (Phi) is 2.52. The van der Waals surface area contributed by atoms with Crippen LogP contribution in [0.25, 0.3) is 0 Å². The van der Waals surface area contributed by atoms with E-state index in [9.17, 15) is 4.79 Å². The lowest BCUT2D eigenvalue weighted by Crippen LogP contribution is -2.35. The Labute approximate surface area is 101 Å². The van der Waals surface area contributed by atoms with Gasteiger partial charge in [0.2, 0.25) is 0 Å². The third-order valence-electron chi connectivity index (χ3n) is 4.60. The van der Waals surface area contributed by atoms with Gasteiger partial charge in [0.15, 0.2) is 5.79 Å². The summed E-state index contributed by atoms with van der Waals surface area (Å²) in [6.07, 6.45) is 2.98. The van der Waals surface area contributed by atoms with Crippen LogP contribution in [0, 0.1) is 17.8 Å². The smallest absolute Gasteiger partial charge is 0.303 e. The molecule has 1 saturated heterocycles. The second-order valence-corrected chi connectivity index (χ2v) is 5.38. The van der Waals surface area contributed by atoms with E-state index in [0.717, 1.165) is 24.8 Å². The van der Waals surface area contributed by atoms with Crippen LogP contribution in [0.1, 0.15) is 25.7 Å². The summed E-state index contributed by atoms with van der Waals surface area (Å²) >= 11 is 0. The molecular formula is C13H18O4. The molecule has 0 bridgehead atoms. The van der Waals surface area contributed by atoms with Crippen LogP contribution >= 0.6 is 0 Å². The number of carbonyl (C=O) groups is 1. The van der Waals surface area contributed by atoms with Gasteiger partial charge in [-0.3, -0.25) is 4.79 Å². The van der Waals surface area contributed by atoms with Crippen molar-refractivity contribution in [2.45, 2.75) is 31.5 Å². The number of fused-ring (bicyclic) bond motifs is 2. The summed E-state index contributed by atoms with van der Waals surface area (Å²) in [4.78, 5) is 10.9. The van der Waals surface area contributed by atoms with Crippen LogP contribution in [-0.4, -0.2) is 30.1 Å². The number of hydrogen-bond acceptors (Lipinski definition) is 3. The van der Waals surface area contributed by atoms with Gasteiger partial charge in [-0.15, -0.1) is 0 Å². The second kappa shape index (κ2) is 3.82. The van der Waals surface area contributed by atoms with Gasteiger partial charge in [-0.1, -0.05) is 12.2 Å². The number of carboxylic acids is 1. The first-order valence-corrected chi connectivity index (χ1v) is 6.30. The summed E-state index contributed by atoms with van der Waals surface area (Å²) in [7, 11) is 0. The topological polar surface area (TPSA) is 55.8 Å². The Bertz CT molecular complexity index is 356. The number of carboxylic acid groups (broad SMARTS) is 1. The van der Waals surface area contributed by atoms with E-state index in [0.29, 0.717) is 25.0 Å². The van der Waals surface area contributed by atoms with Crippen LogP contribution in [-0.2, 0) is 14.3 Å². The fourth-order valence-electron chi connectivity index (χ4n) is 3.92. The van der Waals surface area contributed by atoms with Gasteiger partial charge in [-0.2, -0.15) is 0 Å². The maximum absolute atomic E-state index is 10.9. The summed E-state index contributed by atoms with van der Waals surface area (Å²) in [6, 6.07) is 0. The summed E-state index contributed by atoms with van der Waals surface area (Å²) in [6.45, 7) is 5.38. The molecule has 0 aromatic heterocycles. The standard InChI is InChI=1S/C13H18O4/c1-8-6-11-9(10(8)7-12(14)15)2-3-13(11)16-4-5-17-13/h9-11H,1-7H2,(H,14,15)/t9-,10+,11+/m1/s1. The molecule has 3 aliphatic rings. The van der Waals surface area contributed by atoms with Crippen LogP contribution in [0.4, 0.5) is 0 Å². The normalized spacial score (nSPS) is 38.8. The zero-order chi connectivity index (χ0) is 12.0. The Morgan fingerprint density at radius 3 is 2.82 bits per heavy atom. The van der Waals surface area contributed by atoms with Crippen LogP contribution in [0.5, 0.6) is 0 Å². The first-order chi connectivity index (χ1) is 8.12. The molecule has 17 heavy (non-hydrogen) atoms. The predicted octanol–water partition coefficient (Wildman–Crippen LogP) is 1.81. The average molecular weight is 238 g/mol. The molecule has 2 saturated carbocycles. The Morgan fingerprint density at radius 1 is 1.47 bits per heavy atom. The van der Waals surface area contributed by atoms with Crippen molar-refractivity contribution < 1.29 is 19.4 Å². The first kappa shape index (κ1) is 11.2. The highest BCUT2D eigenvalue weighted by Gasteiger charge is 2.58. The minimum atomic E-state index is -0.731. The Hall–Kier alpha value is -0.870. The first-order valence-electron chi connectivity index (χ1n) is 6.30. The minimum Gasteiger partial charge on any atom is -0.481 e. The summed E-state index contributed by atoms with van der Waals surface area (Å²) in [5.74, 6) is -0.324. The van der Waals surface area contributed by atoms with E-state index in [1.165, 1.54) is 0 Å². The molecule has 0 amide bonds. The molecule has 1 N–H and O–H groups in total. The molecule has 3 rings (SSSR count). The van der Waals surface area contributed by atoms with Gasteiger partial charge < -0.3 is 14.6 Å². The van der Waals surface area contributed by atoms with Crippen molar-refractivity contribution in [1.29, 1.82) is 0 Å². The molecule has 0 aromatic rings. The minimum absolute atomic E-state index is 0.115. The van der Waals surface area contributed by atoms with E-state index in [4.69, 9.17) is 14.6 Å². The summed E-state index contributed by atoms with van der Waals surface area (Å²) in [5.41, 5.74) is 1.07. The quantitative estimate of drug-likeness (QED) is 0.745. The number of ether oxygens (including phenoxy) is 2. The van der Waals surface area contributed by atoms with E-state index >= 15 is 0 Å². The van der Waals surface area contributed by atoms with Crippen molar-refractivity contribution in [2.75, 3.05) is 13.2 Å². The monoisotopic (exact) mass is 238 g/mol. The van der Waals surface area contributed by atoms with E-state index in [1.807, 2.05) is 0 Å². The molecule has 4 heteroatoms. The zero-order valence-corrected chi connectivity index (χ0v) is 9.85. The van der Waals surface area contributed by atoms with E-state index in [1.54, 1.807) is 0 Å². The summed E-state index contributed by atoms with van der Waals surface area (Å²) in [5, 5.41) is 8.96. The number of allylic oxidation sites excluding steroid dienone is 1. The van der Waals surface area contributed by atoms with Crippen molar-refractivity contribution in [3.63, 3.8) is 0 Å². The number of hydrogen-bond donors (Lipinski definition) is 1. The highest BCUT2D eigenvalue weighted by Crippen LogP contribution is 2.57. The highest BCUT2D eigenvalue weighted by atomic mass is 16.7. The highest BCUT2D eigenvalue weighted by molar-refractivity contribution is 5.67. The van der Waals surface area contributed by atoms with Gasteiger partial charge in [0.1, 0.15) is 0 Å². The third-order valence-corrected chi connectivity index (χ3v) is 4.60. The van der Waals surface area contributed by atoms with E-state index in [-0.39, 0.29) is 12.3 Å². The van der Waals surface area contributed by atoms with Crippen molar-refractivity contribution in [3.05, 3.63) is 12.2 Å². The molecule has 1 aliphatic heterocycles. The molecule has 1 heterocycles. The maximum atomic E-state index is 10.9. The molecular weight excluding hydrogens is 220 g/mol. The molecule has 94 valence electrons. The molecule has 0 unspecified atom stereocenters. The average Bonchev–Trinajstić information content (AvgIpc) is 2.92. The lowest BCUT2D eigenvalue weighted by molar-refractivity contribution is -0.183. The SMILES string of the molecule is C=C1C[C@H]2[C@H](CCC23OCCO3)[C@H]1CC(=O)O. The van der Waals surface area contributed by atoms with Crippen LogP contribution in [0.3, 0.4) is 0 Å². The van der Waals surface area contributed by atoms with Gasteiger partial charge >= 0.3 is 5.97 Å². The van der Waals surface area contributed by atoms with Crippen molar-refractivity contribution >= 4 is 5.97 Å². The van der Waals surface area contributed by atoms with Gasteiger partial charge in [-0.05, 0) is 24.7 Å². The van der Waals surface area contributed by atoms with Gasteiger partial charge in [0.05, 0.1) is 19.6 Å². The van der Waals surface area contributed by atoms with Crippen LogP contribution < -0.4 is 0 Å². The van der Waals surface area contributed by atoms with E-state index in [2.05, 4.69) is 6.58 Å².